The zero-order chi connectivity index (χ0) is 12.6. The second-order valence-electron chi connectivity index (χ2n) is 4.72. The van der Waals surface area contributed by atoms with Crippen LogP contribution in [-0.2, 0) is 11.3 Å². The van der Waals surface area contributed by atoms with Crippen LogP contribution in [0.25, 0.3) is 0 Å². The zero-order valence-electron chi connectivity index (χ0n) is 9.94. The lowest BCUT2D eigenvalue weighted by atomic mass is 10.1. The van der Waals surface area contributed by atoms with Crippen molar-refractivity contribution < 1.29 is 19.4 Å². The van der Waals surface area contributed by atoms with Crippen molar-refractivity contribution in [3.8, 4) is 11.5 Å². The van der Waals surface area contributed by atoms with Crippen LogP contribution >= 0.6 is 0 Å². The molecule has 1 aromatic carbocycles. The lowest BCUT2D eigenvalue weighted by molar-refractivity contribution is -0.140. The number of carboxylic acid groups (broad SMARTS) is 1. The Morgan fingerprint density at radius 1 is 1.28 bits per heavy atom. The van der Waals surface area contributed by atoms with Gasteiger partial charge in [-0.25, -0.2) is 0 Å². The number of hydrogen-bond acceptors (Lipinski definition) is 4. The summed E-state index contributed by atoms with van der Waals surface area (Å²) in [6.07, 6.45) is 1.40. The number of rotatable bonds is 4. The molecule has 1 aromatic rings. The molecule has 0 amide bonds. The first-order valence-electron chi connectivity index (χ1n) is 6.07. The molecule has 5 heteroatoms. The van der Waals surface area contributed by atoms with Crippen LogP contribution < -0.4 is 14.8 Å². The second kappa shape index (κ2) is 4.17. The first-order valence-corrected chi connectivity index (χ1v) is 6.07. The van der Waals surface area contributed by atoms with Gasteiger partial charge in [0.05, 0.1) is 0 Å². The fourth-order valence-corrected chi connectivity index (χ4v) is 2.06. The molecule has 0 bridgehead atoms. The van der Waals surface area contributed by atoms with Crippen molar-refractivity contribution >= 4 is 5.97 Å². The van der Waals surface area contributed by atoms with E-state index in [0.717, 1.165) is 17.1 Å². The highest BCUT2D eigenvalue weighted by molar-refractivity contribution is 5.82. The van der Waals surface area contributed by atoms with Crippen LogP contribution in [0.1, 0.15) is 18.4 Å². The maximum atomic E-state index is 11.0. The average Bonchev–Trinajstić information content (AvgIpc) is 3.17. The van der Waals surface area contributed by atoms with Crippen LogP contribution in [0, 0.1) is 0 Å². The van der Waals surface area contributed by atoms with Crippen molar-refractivity contribution in [3.05, 3.63) is 23.8 Å². The molecule has 3 rings (SSSR count). The Morgan fingerprint density at radius 2 is 2.00 bits per heavy atom. The first kappa shape index (κ1) is 11.3. The fraction of sp³-hybridized carbons (Fsp3) is 0.462. The second-order valence-corrected chi connectivity index (χ2v) is 4.72. The molecule has 96 valence electrons. The zero-order valence-corrected chi connectivity index (χ0v) is 9.94. The van der Waals surface area contributed by atoms with Crippen molar-refractivity contribution in [1.29, 1.82) is 0 Å². The highest BCUT2D eigenvalue weighted by Crippen LogP contribution is 2.36. The lowest BCUT2D eigenvalue weighted by Crippen LogP contribution is -2.38. The van der Waals surface area contributed by atoms with Crippen LogP contribution in [0.5, 0.6) is 11.5 Å². The Morgan fingerprint density at radius 3 is 2.67 bits per heavy atom. The van der Waals surface area contributed by atoms with Gasteiger partial charge in [0.25, 0.3) is 0 Å². The molecule has 1 aliphatic carbocycles. The van der Waals surface area contributed by atoms with E-state index >= 15 is 0 Å². The van der Waals surface area contributed by atoms with E-state index in [0.29, 0.717) is 32.6 Å². The molecule has 1 aliphatic heterocycles. The minimum absolute atomic E-state index is 0.531. The van der Waals surface area contributed by atoms with Gasteiger partial charge in [-0.3, -0.25) is 10.1 Å². The number of carbonyl (C=O) groups is 1. The number of benzene rings is 1. The van der Waals surface area contributed by atoms with E-state index < -0.39 is 11.5 Å². The van der Waals surface area contributed by atoms with Gasteiger partial charge >= 0.3 is 5.97 Å². The van der Waals surface area contributed by atoms with Crippen molar-refractivity contribution in [2.75, 3.05) is 13.2 Å². The number of fused-ring (bicyclic) bond motifs is 1. The van der Waals surface area contributed by atoms with Crippen LogP contribution in [0.2, 0.25) is 0 Å². The lowest BCUT2D eigenvalue weighted by Gasteiger charge is -2.19. The molecule has 1 saturated carbocycles. The first-order chi connectivity index (χ1) is 8.70. The summed E-state index contributed by atoms with van der Waals surface area (Å²) in [6, 6.07) is 5.70. The summed E-state index contributed by atoms with van der Waals surface area (Å²) < 4.78 is 10.9. The SMILES string of the molecule is O=C(O)C1(NCc2ccc3c(c2)OCCO3)CC1. The van der Waals surface area contributed by atoms with Gasteiger partial charge in [-0.05, 0) is 30.5 Å². The highest BCUT2D eigenvalue weighted by Gasteiger charge is 2.49. The molecule has 5 nitrogen and oxygen atoms in total. The molecule has 0 spiro atoms. The molecule has 0 saturated heterocycles. The Kier molecular flexibility index (Phi) is 2.63. The molecule has 1 heterocycles. The standard InChI is InChI=1S/C13H15NO4/c15-12(16)13(3-4-13)14-8-9-1-2-10-11(7-9)18-6-5-17-10/h1-2,7,14H,3-6,8H2,(H,15,16). The minimum atomic E-state index is -0.764. The summed E-state index contributed by atoms with van der Waals surface area (Å²) in [5, 5.41) is 12.2. The smallest absolute Gasteiger partial charge is 0.323 e. The molecule has 2 aliphatic rings. The van der Waals surface area contributed by atoms with Gasteiger partial charge in [-0.15, -0.1) is 0 Å². The predicted octanol–water partition coefficient (Wildman–Crippen LogP) is 1.16. The molecular weight excluding hydrogens is 234 g/mol. The molecule has 0 atom stereocenters. The summed E-state index contributed by atoms with van der Waals surface area (Å²) in [7, 11) is 0. The van der Waals surface area contributed by atoms with Crippen LogP contribution in [0.3, 0.4) is 0 Å². The summed E-state index contributed by atoms with van der Waals surface area (Å²) in [4.78, 5) is 11.0. The van der Waals surface area contributed by atoms with Gasteiger partial charge in [-0.2, -0.15) is 0 Å². The topological polar surface area (TPSA) is 67.8 Å². The fourth-order valence-electron chi connectivity index (χ4n) is 2.06. The van der Waals surface area contributed by atoms with Crippen molar-refractivity contribution in [2.24, 2.45) is 0 Å². The van der Waals surface area contributed by atoms with E-state index in [4.69, 9.17) is 14.6 Å². The third-order valence-corrected chi connectivity index (χ3v) is 3.40. The molecule has 0 unspecified atom stereocenters. The van der Waals surface area contributed by atoms with Crippen LogP contribution in [-0.4, -0.2) is 29.8 Å². The Hall–Kier alpha value is -1.75. The summed E-state index contributed by atoms with van der Waals surface area (Å²) in [5.41, 5.74) is 0.305. The number of ether oxygens (including phenoxy) is 2. The third-order valence-electron chi connectivity index (χ3n) is 3.40. The van der Waals surface area contributed by atoms with Gasteiger partial charge in [0.15, 0.2) is 11.5 Å². The molecular formula is C13H15NO4. The maximum Gasteiger partial charge on any atom is 0.323 e. The monoisotopic (exact) mass is 249 g/mol. The van der Waals surface area contributed by atoms with Gasteiger partial charge < -0.3 is 14.6 Å². The van der Waals surface area contributed by atoms with Crippen molar-refractivity contribution in [1.82, 2.24) is 5.32 Å². The summed E-state index contributed by atoms with van der Waals surface area (Å²) >= 11 is 0. The largest absolute Gasteiger partial charge is 0.486 e. The maximum absolute atomic E-state index is 11.0. The number of carboxylic acids is 1. The Labute approximate surface area is 105 Å². The summed E-state index contributed by atoms with van der Waals surface area (Å²) in [5.74, 6) is 0.727. The van der Waals surface area contributed by atoms with Gasteiger partial charge in [0.2, 0.25) is 0 Å². The van der Waals surface area contributed by atoms with Gasteiger partial charge in [-0.1, -0.05) is 6.07 Å². The van der Waals surface area contributed by atoms with E-state index in [1.807, 2.05) is 18.2 Å². The predicted molar refractivity (Wildman–Crippen MR) is 63.9 cm³/mol. The van der Waals surface area contributed by atoms with Gasteiger partial charge in [0, 0.05) is 6.54 Å². The molecule has 1 fully saturated rings. The van der Waals surface area contributed by atoms with Gasteiger partial charge in [0.1, 0.15) is 18.8 Å². The quantitative estimate of drug-likeness (QED) is 0.838. The van der Waals surface area contributed by atoms with Crippen molar-refractivity contribution in [3.63, 3.8) is 0 Å². The number of hydrogen-bond donors (Lipinski definition) is 2. The average molecular weight is 249 g/mol. The minimum Gasteiger partial charge on any atom is -0.486 e. The number of aliphatic carboxylic acids is 1. The number of nitrogens with one attached hydrogen (secondary N) is 1. The molecule has 0 radical (unpaired) electrons. The van der Waals surface area contributed by atoms with Crippen LogP contribution in [0.4, 0.5) is 0 Å². The highest BCUT2D eigenvalue weighted by atomic mass is 16.6. The molecule has 18 heavy (non-hydrogen) atoms. The third kappa shape index (κ3) is 2.01. The molecule has 2 N–H and O–H groups in total. The van der Waals surface area contributed by atoms with E-state index in [1.165, 1.54) is 0 Å². The van der Waals surface area contributed by atoms with E-state index in [1.54, 1.807) is 0 Å². The normalized spacial score (nSPS) is 19.3. The van der Waals surface area contributed by atoms with E-state index in [9.17, 15) is 4.79 Å². The summed E-state index contributed by atoms with van der Waals surface area (Å²) in [6.45, 7) is 1.67. The van der Waals surface area contributed by atoms with E-state index in [2.05, 4.69) is 5.32 Å². The molecule has 0 aromatic heterocycles. The van der Waals surface area contributed by atoms with Crippen LogP contribution in [0.15, 0.2) is 18.2 Å². The Bertz CT molecular complexity index is 482. The van der Waals surface area contributed by atoms with Crippen molar-refractivity contribution in [2.45, 2.75) is 24.9 Å². The Balaban J connectivity index is 1.68. The van der Waals surface area contributed by atoms with E-state index in [-0.39, 0.29) is 0 Å².